The Kier molecular flexibility index (Phi) is 6.74. The second-order valence-corrected chi connectivity index (χ2v) is 5.07. The molecule has 8 nitrogen and oxygen atoms in total. The Morgan fingerprint density at radius 3 is 1.74 bits per heavy atom. The quantitative estimate of drug-likeness (QED) is 0.409. The first-order valence-corrected chi connectivity index (χ1v) is 7.04. The van der Waals surface area contributed by atoms with Crippen LogP contribution in [0, 0.1) is 5.92 Å². The number of rotatable bonds is 5. The number of carbonyl (C=O) groups excluding carboxylic acids is 4. The van der Waals surface area contributed by atoms with Crippen molar-refractivity contribution in [3.63, 3.8) is 0 Å². The van der Waals surface area contributed by atoms with Crippen molar-refractivity contribution >= 4 is 23.9 Å². The van der Waals surface area contributed by atoms with Gasteiger partial charge < -0.3 is 18.9 Å². The summed E-state index contributed by atoms with van der Waals surface area (Å²) in [4.78, 5) is 44.9. The van der Waals surface area contributed by atoms with Crippen LogP contribution >= 0.6 is 0 Å². The molecule has 23 heavy (non-hydrogen) atoms. The molecule has 0 aliphatic heterocycles. The topological polar surface area (TPSA) is 105 Å². The Bertz CT molecular complexity index is 510. The van der Waals surface area contributed by atoms with Gasteiger partial charge in [0.25, 0.3) is 0 Å². The van der Waals surface area contributed by atoms with Gasteiger partial charge in [0.05, 0.1) is 5.92 Å². The van der Waals surface area contributed by atoms with Crippen molar-refractivity contribution < 1.29 is 38.1 Å². The molecule has 4 atom stereocenters. The van der Waals surface area contributed by atoms with E-state index in [1.165, 1.54) is 33.8 Å². The number of carbonyl (C=O) groups is 4. The lowest BCUT2D eigenvalue weighted by Crippen LogP contribution is -2.50. The van der Waals surface area contributed by atoms with Crippen molar-refractivity contribution in [1.82, 2.24) is 0 Å². The first kappa shape index (κ1) is 18.7. The summed E-state index contributed by atoms with van der Waals surface area (Å²) in [6.45, 7) is 4.79. The van der Waals surface area contributed by atoms with Crippen LogP contribution < -0.4 is 0 Å². The summed E-state index contributed by atoms with van der Waals surface area (Å²) in [5, 5.41) is 0. The van der Waals surface area contributed by atoms with E-state index in [9.17, 15) is 19.2 Å². The SMILES string of the molecule is CC(=O)OC[C@@H]1C=C[C@@H](OC(C)=O)[C@H](OC(C)=O)[C@H]1OC(C)=O. The Morgan fingerprint density at radius 1 is 0.739 bits per heavy atom. The Morgan fingerprint density at radius 2 is 1.26 bits per heavy atom. The van der Waals surface area contributed by atoms with Crippen molar-refractivity contribution in [1.29, 1.82) is 0 Å². The fourth-order valence-corrected chi connectivity index (χ4v) is 2.24. The van der Waals surface area contributed by atoms with E-state index >= 15 is 0 Å². The summed E-state index contributed by atoms with van der Waals surface area (Å²) in [7, 11) is 0. The van der Waals surface area contributed by atoms with Crippen molar-refractivity contribution in [2.24, 2.45) is 5.92 Å². The van der Waals surface area contributed by atoms with Gasteiger partial charge in [0.15, 0.2) is 18.3 Å². The molecule has 0 aromatic heterocycles. The van der Waals surface area contributed by atoms with Crippen LogP contribution in [0.5, 0.6) is 0 Å². The summed E-state index contributed by atoms with van der Waals surface area (Å²) >= 11 is 0. The molecule has 1 aliphatic rings. The van der Waals surface area contributed by atoms with Crippen molar-refractivity contribution in [2.45, 2.75) is 46.0 Å². The monoisotopic (exact) mass is 328 g/mol. The van der Waals surface area contributed by atoms with E-state index in [0.717, 1.165) is 0 Å². The van der Waals surface area contributed by atoms with Gasteiger partial charge in [-0.1, -0.05) is 6.08 Å². The van der Waals surface area contributed by atoms with Gasteiger partial charge in [-0.3, -0.25) is 19.2 Å². The highest BCUT2D eigenvalue weighted by atomic mass is 16.6. The molecule has 128 valence electrons. The van der Waals surface area contributed by atoms with E-state index in [1.807, 2.05) is 0 Å². The van der Waals surface area contributed by atoms with Gasteiger partial charge in [-0.25, -0.2) is 0 Å². The fourth-order valence-electron chi connectivity index (χ4n) is 2.24. The molecule has 0 unspecified atom stereocenters. The van der Waals surface area contributed by atoms with E-state index < -0.39 is 48.1 Å². The molecule has 0 saturated carbocycles. The van der Waals surface area contributed by atoms with Crippen molar-refractivity contribution in [3.05, 3.63) is 12.2 Å². The zero-order valence-corrected chi connectivity index (χ0v) is 13.4. The average molecular weight is 328 g/mol. The highest BCUT2D eigenvalue weighted by Gasteiger charge is 2.43. The van der Waals surface area contributed by atoms with Gasteiger partial charge in [0.2, 0.25) is 0 Å². The molecular weight excluding hydrogens is 308 g/mol. The highest BCUT2D eigenvalue weighted by molar-refractivity contribution is 5.69. The Balaban J connectivity index is 3.06. The van der Waals surface area contributed by atoms with Gasteiger partial charge in [-0.2, -0.15) is 0 Å². The van der Waals surface area contributed by atoms with E-state index in [4.69, 9.17) is 18.9 Å². The van der Waals surface area contributed by atoms with E-state index in [0.29, 0.717) is 0 Å². The molecule has 0 heterocycles. The van der Waals surface area contributed by atoms with Crippen LogP contribution in [0.1, 0.15) is 27.7 Å². The second-order valence-electron chi connectivity index (χ2n) is 5.07. The molecule has 1 rings (SSSR count). The summed E-state index contributed by atoms with van der Waals surface area (Å²) < 4.78 is 20.4. The summed E-state index contributed by atoms with van der Waals surface area (Å²) in [5.74, 6) is -2.82. The van der Waals surface area contributed by atoms with Crippen LogP contribution in [0.15, 0.2) is 12.2 Å². The van der Waals surface area contributed by atoms with Crippen LogP contribution in [-0.4, -0.2) is 48.8 Å². The zero-order valence-electron chi connectivity index (χ0n) is 13.4. The van der Waals surface area contributed by atoms with Gasteiger partial charge in [0.1, 0.15) is 6.61 Å². The largest absolute Gasteiger partial charge is 0.465 e. The minimum absolute atomic E-state index is 0.0612. The van der Waals surface area contributed by atoms with E-state index in [1.54, 1.807) is 6.08 Å². The molecule has 0 radical (unpaired) electrons. The van der Waals surface area contributed by atoms with Crippen LogP contribution in [-0.2, 0) is 38.1 Å². The maximum atomic E-state index is 11.4. The van der Waals surface area contributed by atoms with E-state index in [-0.39, 0.29) is 6.61 Å². The molecule has 0 saturated heterocycles. The van der Waals surface area contributed by atoms with E-state index in [2.05, 4.69) is 0 Å². The second kappa shape index (κ2) is 8.30. The van der Waals surface area contributed by atoms with Crippen molar-refractivity contribution in [3.8, 4) is 0 Å². The number of hydrogen-bond acceptors (Lipinski definition) is 8. The molecule has 0 amide bonds. The van der Waals surface area contributed by atoms with Gasteiger partial charge in [0, 0.05) is 27.7 Å². The summed E-state index contributed by atoms with van der Waals surface area (Å²) in [6.07, 6.45) is 0.262. The summed E-state index contributed by atoms with van der Waals surface area (Å²) in [6, 6.07) is 0. The van der Waals surface area contributed by atoms with Crippen LogP contribution in [0.3, 0.4) is 0 Å². The predicted octanol–water partition coefficient (Wildman–Crippen LogP) is 0.531. The van der Waals surface area contributed by atoms with Crippen LogP contribution in [0.25, 0.3) is 0 Å². The Labute approximate surface area is 133 Å². The molecule has 1 aliphatic carbocycles. The number of ether oxygens (including phenoxy) is 4. The minimum Gasteiger partial charge on any atom is -0.465 e. The lowest BCUT2D eigenvalue weighted by atomic mass is 9.88. The number of hydrogen-bond donors (Lipinski definition) is 0. The molecular formula is C15H20O8. The first-order chi connectivity index (χ1) is 10.7. The van der Waals surface area contributed by atoms with Crippen LogP contribution in [0.4, 0.5) is 0 Å². The highest BCUT2D eigenvalue weighted by Crippen LogP contribution is 2.27. The zero-order chi connectivity index (χ0) is 17.6. The Hall–Kier alpha value is -2.38. The average Bonchev–Trinajstić information content (AvgIpc) is 2.39. The molecule has 0 fully saturated rings. The third-order valence-electron chi connectivity index (χ3n) is 3.00. The molecule has 0 bridgehead atoms. The third-order valence-corrected chi connectivity index (χ3v) is 3.00. The lowest BCUT2D eigenvalue weighted by Gasteiger charge is -2.37. The minimum atomic E-state index is -1.02. The van der Waals surface area contributed by atoms with Crippen LogP contribution in [0.2, 0.25) is 0 Å². The summed E-state index contributed by atoms with van der Waals surface area (Å²) in [5.41, 5.74) is 0. The first-order valence-electron chi connectivity index (χ1n) is 7.04. The predicted molar refractivity (Wildman–Crippen MR) is 75.9 cm³/mol. The molecule has 0 aromatic rings. The van der Waals surface area contributed by atoms with Gasteiger partial charge >= 0.3 is 23.9 Å². The maximum absolute atomic E-state index is 11.4. The number of esters is 4. The molecule has 8 heteroatoms. The van der Waals surface area contributed by atoms with Gasteiger partial charge in [-0.05, 0) is 6.08 Å². The van der Waals surface area contributed by atoms with Crippen molar-refractivity contribution in [2.75, 3.05) is 6.61 Å². The lowest BCUT2D eigenvalue weighted by molar-refractivity contribution is -0.186. The fraction of sp³-hybridized carbons (Fsp3) is 0.600. The molecule has 0 N–H and O–H groups in total. The normalized spacial score (nSPS) is 26.1. The third kappa shape index (κ3) is 6.09. The molecule has 0 spiro atoms. The smallest absolute Gasteiger partial charge is 0.303 e. The standard InChI is InChI=1S/C15H20O8/c1-8(16)20-7-12-5-6-13(21-9(2)17)15(23-11(4)19)14(12)22-10(3)18/h5-6,12-15H,7H2,1-4H3/t12-,13+,14-,15-/m0/s1. The maximum Gasteiger partial charge on any atom is 0.303 e. The molecule has 0 aromatic carbocycles. The van der Waals surface area contributed by atoms with Gasteiger partial charge in [-0.15, -0.1) is 0 Å².